The van der Waals surface area contributed by atoms with E-state index in [0.29, 0.717) is 5.56 Å². The molecule has 12 heavy (non-hydrogen) atoms. The molecule has 3 nitrogen and oxygen atoms in total. The summed E-state index contributed by atoms with van der Waals surface area (Å²) in [5, 5.41) is 2.52. The number of halogens is 1. The minimum Gasteiger partial charge on any atom is -0.340 e. The fourth-order valence-electron chi connectivity index (χ4n) is 0.824. The number of nitrogens with two attached hydrogens (primary N) is 1. The lowest BCUT2D eigenvalue weighted by atomic mass is 10.2. The molecule has 0 aliphatic heterocycles. The van der Waals surface area contributed by atoms with E-state index in [1.54, 1.807) is 6.07 Å². The molecule has 0 bridgehead atoms. The van der Waals surface area contributed by atoms with Crippen LogP contribution in [0.3, 0.4) is 0 Å². The second-order valence-electron chi connectivity index (χ2n) is 2.22. The van der Waals surface area contributed by atoms with Crippen molar-refractivity contribution in [3.8, 4) is 0 Å². The Bertz CT molecular complexity index is 288. The molecule has 0 saturated carbocycles. The van der Waals surface area contributed by atoms with E-state index in [2.05, 4.69) is 27.9 Å². The van der Waals surface area contributed by atoms with Crippen molar-refractivity contribution in [3.05, 3.63) is 33.4 Å². The molecule has 1 aromatic rings. The molecule has 64 valence electrons. The van der Waals surface area contributed by atoms with Crippen molar-refractivity contribution in [1.29, 1.82) is 0 Å². The Morgan fingerprint density at radius 1 is 1.58 bits per heavy atom. The van der Waals surface area contributed by atoms with Crippen LogP contribution in [0.15, 0.2) is 24.3 Å². The summed E-state index contributed by atoms with van der Waals surface area (Å²) in [5.74, 6) is -0.129. The maximum absolute atomic E-state index is 11.2. The summed E-state index contributed by atoms with van der Waals surface area (Å²) in [6.45, 7) is 0.171. The monoisotopic (exact) mass is 274 g/mol. The van der Waals surface area contributed by atoms with Crippen LogP contribution >= 0.6 is 22.6 Å². The van der Waals surface area contributed by atoms with Gasteiger partial charge in [0.2, 0.25) is 0 Å². The number of benzene rings is 1. The van der Waals surface area contributed by atoms with Crippen LogP contribution in [-0.2, 0) is 0 Å². The lowest BCUT2D eigenvalue weighted by molar-refractivity contribution is 0.0954. The predicted octanol–water partition coefficient (Wildman–Crippen LogP) is 0.937. The van der Waals surface area contributed by atoms with Gasteiger partial charge in [-0.15, -0.1) is 0 Å². The highest BCUT2D eigenvalue weighted by Crippen LogP contribution is 2.07. The Balaban J connectivity index is 2.81. The van der Waals surface area contributed by atoms with Gasteiger partial charge in [-0.2, -0.15) is 0 Å². The molecular formula is C8H9IN2O. The number of hydrogen-bond donors (Lipinski definition) is 2. The smallest absolute Gasteiger partial charge is 0.252 e. The van der Waals surface area contributed by atoms with Crippen LogP contribution in [0.2, 0.25) is 0 Å². The van der Waals surface area contributed by atoms with Crippen molar-refractivity contribution in [2.45, 2.75) is 0 Å². The molecule has 0 aliphatic carbocycles. The summed E-state index contributed by atoms with van der Waals surface area (Å²) < 4.78 is 1.04. The van der Waals surface area contributed by atoms with E-state index in [0.717, 1.165) is 3.57 Å². The van der Waals surface area contributed by atoms with Gasteiger partial charge in [0, 0.05) is 9.13 Å². The molecule has 0 radical (unpaired) electrons. The number of hydrogen-bond acceptors (Lipinski definition) is 2. The Kier molecular flexibility index (Phi) is 3.48. The van der Waals surface area contributed by atoms with Crippen LogP contribution in [0.1, 0.15) is 10.4 Å². The minimum absolute atomic E-state index is 0.129. The molecule has 1 rings (SSSR count). The van der Waals surface area contributed by atoms with E-state index in [4.69, 9.17) is 5.73 Å². The third-order valence-corrected chi connectivity index (χ3v) is 2.02. The van der Waals surface area contributed by atoms with Crippen LogP contribution in [-0.4, -0.2) is 12.6 Å². The summed E-state index contributed by atoms with van der Waals surface area (Å²) >= 11 is 2.16. The van der Waals surface area contributed by atoms with Gasteiger partial charge in [0.05, 0.1) is 6.67 Å². The third-order valence-electron chi connectivity index (χ3n) is 1.35. The van der Waals surface area contributed by atoms with Gasteiger partial charge in [-0.05, 0) is 40.8 Å². The van der Waals surface area contributed by atoms with Crippen LogP contribution in [0.4, 0.5) is 0 Å². The standard InChI is InChI=1S/C8H9IN2O/c9-7-3-1-2-6(4-7)8(12)11-5-10/h1-4H,5,10H2,(H,11,12)/i9-2. The van der Waals surface area contributed by atoms with Gasteiger partial charge in [-0.25, -0.2) is 0 Å². The number of carbonyl (C=O) groups is 1. The average Bonchev–Trinajstić information content (AvgIpc) is 2.05. The lowest BCUT2D eigenvalue weighted by Gasteiger charge is -2.01. The fourth-order valence-corrected chi connectivity index (χ4v) is 1.37. The largest absolute Gasteiger partial charge is 0.340 e. The summed E-state index contributed by atoms with van der Waals surface area (Å²) in [5.41, 5.74) is 5.82. The maximum atomic E-state index is 11.2. The van der Waals surface area contributed by atoms with E-state index in [-0.39, 0.29) is 12.6 Å². The Morgan fingerprint density at radius 2 is 2.33 bits per heavy atom. The Hall–Kier alpha value is -0.620. The van der Waals surface area contributed by atoms with Crippen molar-refractivity contribution in [2.24, 2.45) is 5.73 Å². The van der Waals surface area contributed by atoms with Crippen LogP contribution < -0.4 is 11.1 Å². The first-order valence-corrected chi connectivity index (χ1v) is 4.56. The molecule has 0 fully saturated rings. The molecule has 0 heterocycles. The van der Waals surface area contributed by atoms with E-state index in [1.165, 1.54) is 0 Å². The van der Waals surface area contributed by atoms with Gasteiger partial charge in [0.15, 0.2) is 0 Å². The van der Waals surface area contributed by atoms with Gasteiger partial charge in [0.1, 0.15) is 0 Å². The van der Waals surface area contributed by atoms with Crippen molar-refractivity contribution < 1.29 is 4.79 Å². The number of rotatable bonds is 2. The third kappa shape index (κ3) is 2.46. The van der Waals surface area contributed by atoms with E-state index >= 15 is 0 Å². The summed E-state index contributed by atoms with van der Waals surface area (Å²) in [6.07, 6.45) is 0. The number of nitrogens with one attached hydrogen (secondary N) is 1. The summed E-state index contributed by atoms with van der Waals surface area (Å²) in [6, 6.07) is 7.34. The van der Waals surface area contributed by atoms with E-state index < -0.39 is 0 Å². The molecule has 0 aliphatic rings. The van der Waals surface area contributed by atoms with Crippen molar-refractivity contribution >= 4 is 28.5 Å². The highest BCUT2D eigenvalue weighted by molar-refractivity contribution is 14.1. The maximum Gasteiger partial charge on any atom is 0.252 e. The second-order valence-corrected chi connectivity index (χ2v) is 3.47. The van der Waals surface area contributed by atoms with Gasteiger partial charge in [-0.1, -0.05) is 6.07 Å². The quantitative estimate of drug-likeness (QED) is 0.623. The van der Waals surface area contributed by atoms with Crippen molar-refractivity contribution in [1.82, 2.24) is 5.32 Å². The second kappa shape index (κ2) is 4.42. The first kappa shape index (κ1) is 9.47. The molecule has 0 aromatic heterocycles. The molecular weight excluding hydrogens is 265 g/mol. The molecule has 4 heteroatoms. The van der Waals surface area contributed by atoms with Crippen LogP contribution in [0, 0.1) is 3.57 Å². The zero-order chi connectivity index (χ0) is 8.97. The number of amides is 1. The zero-order valence-electron chi connectivity index (χ0n) is 6.38. The first-order chi connectivity index (χ1) is 5.74. The molecule has 3 N–H and O–H groups in total. The van der Waals surface area contributed by atoms with Gasteiger partial charge in [-0.3, -0.25) is 4.79 Å². The van der Waals surface area contributed by atoms with Gasteiger partial charge in [0.25, 0.3) is 5.91 Å². The Labute approximate surface area is 84.5 Å². The normalized spacial score (nSPS) is 9.50. The van der Waals surface area contributed by atoms with Crippen LogP contribution in [0.25, 0.3) is 0 Å². The first-order valence-electron chi connectivity index (χ1n) is 3.48. The van der Waals surface area contributed by atoms with E-state index in [9.17, 15) is 4.79 Å². The molecule has 1 amide bonds. The van der Waals surface area contributed by atoms with Gasteiger partial charge < -0.3 is 11.1 Å². The van der Waals surface area contributed by atoms with E-state index in [1.807, 2.05) is 18.2 Å². The number of carbonyl (C=O) groups excluding carboxylic acids is 1. The lowest BCUT2D eigenvalue weighted by Crippen LogP contribution is -2.29. The molecule has 1 aromatic carbocycles. The van der Waals surface area contributed by atoms with Crippen molar-refractivity contribution in [3.63, 3.8) is 0 Å². The topological polar surface area (TPSA) is 55.1 Å². The zero-order valence-corrected chi connectivity index (χ0v) is 8.54. The highest BCUT2D eigenvalue weighted by atomic mass is 125. The fraction of sp³-hybridized carbons (Fsp3) is 0.125. The molecule has 0 unspecified atom stereocenters. The van der Waals surface area contributed by atoms with Crippen molar-refractivity contribution in [2.75, 3.05) is 6.67 Å². The molecule has 0 spiro atoms. The minimum atomic E-state index is -0.129. The van der Waals surface area contributed by atoms with Crippen LogP contribution in [0.5, 0.6) is 0 Å². The average molecular weight is 274 g/mol. The molecule has 0 saturated heterocycles. The molecule has 0 atom stereocenters. The predicted molar refractivity (Wildman–Crippen MR) is 55.7 cm³/mol. The highest BCUT2D eigenvalue weighted by Gasteiger charge is 2.02. The Morgan fingerprint density at radius 3 is 2.92 bits per heavy atom. The summed E-state index contributed by atoms with van der Waals surface area (Å²) in [4.78, 5) is 11.2. The SMILES string of the molecule is NCNC(=O)c1cccc([125I])c1. The van der Waals surface area contributed by atoms with Gasteiger partial charge >= 0.3 is 0 Å². The summed E-state index contributed by atoms with van der Waals surface area (Å²) in [7, 11) is 0.